The molecular formula is C47H44N4O10. The van der Waals surface area contributed by atoms with Gasteiger partial charge in [-0.25, -0.2) is 19.4 Å². The zero-order valence-electron chi connectivity index (χ0n) is 33.3. The van der Waals surface area contributed by atoms with Crippen molar-refractivity contribution in [3.05, 3.63) is 144 Å². The van der Waals surface area contributed by atoms with E-state index in [0.29, 0.717) is 58.2 Å². The number of anilines is 4. The molecule has 0 radical (unpaired) electrons. The van der Waals surface area contributed by atoms with E-state index < -0.39 is 35.6 Å². The van der Waals surface area contributed by atoms with Crippen LogP contribution in [0.2, 0.25) is 0 Å². The Hall–Kier alpha value is -7.48. The molecule has 2 aliphatic rings. The van der Waals surface area contributed by atoms with E-state index in [2.05, 4.69) is 10.6 Å². The Labute approximate surface area is 352 Å². The molecule has 312 valence electrons. The summed E-state index contributed by atoms with van der Waals surface area (Å²) in [7, 11) is 0. The highest BCUT2D eigenvalue weighted by Gasteiger charge is 2.26. The lowest BCUT2D eigenvalue weighted by atomic mass is 10.1. The fraction of sp³-hybridized carbons (Fsp3) is 0.234. The average molecular weight is 825 g/mol. The molecular weight excluding hydrogens is 781 g/mol. The topological polar surface area (TPSA) is 186 Å². The molecule has 0 atom stereocenters. The predicted molar refractivity (Wildman–Crippen MR) is 227 cm³/mol. The number of hydrogen-bond donors (Lipinski definition) is 2. The third kappa shape index (κ3) is 11.8. The third-order valence-electron chi connectivity index (χ3n) is 9.91. The fourth-order valence-corrected chi connectivity index (χ4v) is 6.56. The largest absolute Gasteiger partial charge is 0.462 e. The van der Waals surface area contributed by atoms with Crippen LogP contribution in [0.5, 0.6) is 0 Å². The normalized spacial score (nSPS) is 13.2. The summed E-state index contributed by atoms with van der Waals surface area (Å²) < 4.78 is 10.8. The molecule has 14 heteroatoms. The summed E-state index contributed by atoms with van der Waals surface area (Å²) in [5, 5.41) is 5.52. The third-order valence-corrected chi connectivity index (χ3v) is 9.91. The first-order valence-electron chi connectivity index (χ1n) is 20.1. The highest BCUT2D eigenvalue weighted by molar-refractivity contribution is 6.29. The number of esters is 2. The highest BCUT2D eigenvalue weighted by Crippen LogP contribution is 2.22. The summed E-state index contributed by atoms with van der Waals surface area (Å²) in [4.78, 5) is 99.9. The van der Waals surface area contributed by atoms with Gasteiger partial charge in [0, 0.05) is 46.8 Å². The van der Waals surface area contributed by atoms with Crippen molar-refractivity contribution in [1.82, 2.24) is 0 Å². The van der Waals surface area contributed by atoms with Gasteiger partial charge in [-0.1, -0.05) is 44.9 Å². The van der Waals surface area contributed by atoms with Crippen LogP contribution in [0, 0.1) is 0 Å². The van der Waals surface area contributed by atoms with Crippen LogP contribution in [0.1, 0.15) is 99.2 Å². The highest BCUT2D eigenvalue weighted by atomic mass is 16.5. The van der Waals surface area contributed by atoms with Gasteiger partial charge in [0.2, 0.25) is 0 Å². The Morgan fingerprint density at radius 1 is 0.377 bits per heavy atom. The second-order valence-electron chi connectivity index (χ2n) is 14.3. The van der Waals surface area contributed by atoms with E-state index in [9.17, 15) is 38.4 Å². The van der Waals surface area contributed by atoms with Crippen LogP contribution in [0.25, 0.3) is 0 Å². The molecule has 0 aromatic heterocycles. The van der Waals surface area contributed by atoms with E-state index in [-0.39, 0.29) is 11.8 Å². The van der Waals surface area contributed by atoms with Crippen molar-refractivity contribution in [2.45, 2.75) is 57.8 Å². The number of amides is 6. The number of ether oxygens (including phenoxy) is 2. The molecule has 61 heavy (non-hydrogen) atoms. The number of carbonyl (C=O) groups is 8. The van der Waals surface area contributed by atoms with Crippen molar-refractivity contribution in [3.8, 4) is 0 Å². The zero-order valence-corrected chi connectivity index (χ0v) is 33.3. The molecule has 2 heterocycles. The first-order valence-corrected chi connectivity index (χ1v) is 20.1. The minimum atomic E-state index is -0.437. The maximum absolute atomic E-state index is 12.7. The van der Waals surface area contributed by atoms with Gasteiger partial charge in [0.1, 0.15) is 0 Å². The van der Waals surface area contributed by atoms with Crippen molar-refractivity contribution in [1.29, 1.82) is 0 Å². The van der Waals surface area contributed by atoms with E-state index in [4.69, 9.17) is 9.47 Å². The van der Waals surface area contributed by atoms with Crippen LogP contribution in [0.15, 0.2) is 121 Å². The molecule has 0 unspecified atom stereocenters. The van der Waals surface area contributed by atoms with Crippen LogP contribution < -0.4 is 20.4 Å². The molecule has 0 bridgehead atoms. The lowest BCUT2D eigenvalue weighted by Gasteiger charge is -2.14. The maximum atomic E-state index is 12.7. The molecule has 0 saturated heterocycles. The SMILES string of the molecule is O=C(Nc1ccc(C(=O)OCCCCCCCCCCCOC(=O)c2ccc(NC(=O)c3ccc(N4C(=O)C=CC4=O)cc3)cc2)cc1)c1ccc(N2C(=O)C=CC2=O)cc1. The standard InChI is InChI=1S/C47H44N4O10/c52-40-26-27-41(53)50(40)38-22-14-32(15-23-38)44(56)48-36-18-10-34(11-19-36)46(58)60-30-8-6-4-2-1-3-5-7-9-31-61-47(59)35-12-20-37(21-13-35)49-45(57)33-16-24-39(25-17-33)51-42(54)28-29-43(51)55/h10-29H,1-9,30-31H2,(H,48,56)(H,49,57). The van der Waals surface area contributed by atoms with Crippen molar-refractivity contribution >= 4 is 70.1 Å². The average Bonchev–Trinajstić information content (AvgIpc) is 3.80. The van der Waals surface area contributed by atoms with Gasteiger partial charge in [-0.05, 0) is 110 Å². The number of rotatable bonds is 20. The van der Waals surface area contributed by atoms with Crippen molar-refractivity contribution in [3.63, 3.8) is 0 Å². The summed E-state index contributed by atoms with van der Waals surface area (Å²) in [5.41, 5.74) is 3.16. The van der Waals surface area contributed by atoms with Crippen molar-refractivity contribution < 1.29 is 47.8 Å². The number of nitrogens with zero attached hydrogens (tertiary/aromatic N) is 2. The second-order valence-corrected chi connectivity index (χ2v) is 14.3. The quantitative estimate of drug-likeness (QED) is 0.0512. The van der Waals surface area contributed by atoms with Gasteiger partial charge < -0.3 is 20.1 Å². The predicted octanol–water partition coefficient (Wildman–Crippen LogP) is 7.57. The Kier molecular flexibility index (Phi) is 14.8. The summed E-state index contributed by atoms with van der Waals surface area (Å²) in [6.07, 6.45) is 13.5. The molecule has 2 N–H and O–H groups in total. The zero-order chi connectivity index (χ0) is 43.1. The van der Waals surface area contributed by atoms with Crippen LogP contribution in [0.4, 0.5) is 22.7 Å². The van der Waals surface area contributed by atoms with E-state index in [1.54, 1.807) is 48.5 Å². The molecule has 4 aromatic carbocycles. The molecule has 0 aliphatic carbocycles. The molecule has 14 nitrogen and oxygen atoms in total. The summed E-state index contributed by atoms with van der Waals surface area (Å²) in [5.74, 6) is -3.38. The summed E-state index contributed by atoms with van der Waals surface area (Å²) in [6.45, 7) is 0.641. The van der Waals surface area contributed by atoms with Crippen molar-refractivity contribution in [2.75, 3.05) is 33.6 Å². The molecule has 6 amide bonds. The number of unbranched alkanes of at least 4 members (excludes halogenated alkanes) is 8. The minimum Gasteiger partial charge on any atom is -0.462 e. The lowest BCUT2D eigenvalue weighted by Crippen LogP contribution is -2.29. The van der Waals surface area contributed by atoms with Gasteiger partial charge in [0.05, 0.1) is 35.7 Å². The molecule has 6 rings (SSSR count). The van der Waals surface area contributed by atoms with Crippen LogP contribution >= 0.6 is 0 Å². The van der Waals surface area contributed by atoms with Gasteiger partial charge in [0.25, 0.3) is 35.4 Å². The molecule has 0 fully saturated rings. The first kappa shape index (κ1) is 43.1. The lowest BCUT2D eigenvalue weighted by molar-refractivity contribution is -0.121. The van der Waals surface area contributed by atoms with Gasteiger partial charge >= 0.3 is 11.9 Å². The van der Waals surface area contributed by atoms with Crippen LogP contribution in [-0.4, -0.2) is 60.6 Å². The van der Waals surface area contributed by atoms with Crippen LogP contribution in [-0.2, 0) is 28.7 Å². The van der Waals surface area contributed by atoms with Crippen LogP contribution in [0.3, 0.4) is 0 Å². The van der Waals surface area contributed by atoms with E-state index >= 15 is 0 Å². The van der Waals surface area contributed by atoms with E-state index in [1.165, 1.54) is 72.8 Å². The van der Waals surface area contributed by atoms with Crippen molar-refractivity contribution in [2.24, 2.45) is 0 Å². The van der Waals surface area contributed by atoms with E-state index in [1.807, 2.05) is 0 Å². The minimum absolute atomic E-state index is 0.320. The Balaban J connectivity index is 0.759. The Bertz CT molecular complexity index is 2130. The molecule has 0 saturated carbocycles. The second kappa shape index (κ2) is 21.0. The number of benzene rings is 4. The maximum Gasteiger partial charge on any atom is 0.338 e. The Morgan fingerprint density at radius 2 is 0.656 bits per heavy atom. The fourth-order valence-electron chi connectivity index (χ4n) is 6.56. The number of carbonyl (C=O) groups excluding carboxylic acids is 8. The van der Waals surface area contributed by atoms with Gasteiger partial charge in [-0.15, -0.1) is 0 Å². The first-order chi connectivity index (χ1) is 29.6. The van der Waals surface area contributed by atoms with Gasteiger partial charge in [-0.3, -0.25) is 28.8 Å². The smallest absolute Gasteiger partial charge is 0.338 e. The molecule has 2 aliphatic heterocycles. The van der Waals surface area contributed by atoms with E-state index in [0.717, 1.165) is 67.6 Å². The monoisotopic (exact) mass is 824 g/mol. The number of imide groups is 2. The van der Waals surface area contributed by atoms with Gasteiger partial charge in [-0.2, -0.15) is 0 Å². The van der Waals surface area contributed by atoms with Gasteiger partial charge in [0.15, 0.2) is 0 Å². The molecule has 4 aromatic rings. The summed E-state index contributed by atoms with van der Waals surface area (Å²) >= 11 is 0. The number of nitrogens with one attached hydrogen (secondary N) is 2. The molecule has 0 spiro atoms. The Morgan fingerprint density at radius 3 is 0.967 bits per heavy atom. The number of hydrogen-bond acceptors (Lipinski definition) is 10. The summed E-state index contributed by atoms with van der Waals surface area (Å²) in [6, 6.07) is 25.0.